The van der Waals surface area contributed by atoms with E-state index in [0.29, 0.717) is 6.07 Å². The minimum absolute atomic E-state index is 0.105. The number of halogens is 5. The van der Waals surface area contributed by atoms with Crippen LogP contribution in [-0.2, 0) is 6.18 Å². The van der Waals surface area contributed by atoms with Gasteiger partial charge in [-0.1, -0.05) is 28.1 Å². The van der Waals surface area contributed by atoms with Crippen LogP contribution in [0.3, 0.4) is 0 Å². The third-order valence-corrected chi connectivity index (χ3v) is 2.32. The van der Waals surface area contributed by atoms with Gasteiger partial charge in [0.25, 0.3) is 0 Å². The van der Waals surface area contributed by atoms with E-state index in [4.69, 9.17) is 0 Å². The molecule has 0 amide bonds. The lowest BCUT2D eigenvalue weighted by Gasteiger charge is -2.12. The molecule has 0 saturated heterocycles. The first-order valence-electron chi connectivity index (χ1n) is 4.32. The minimum atomic E-state index is -4.86. The molecule has 88 valence electrons. The zero-order chi connectivity index (χ0) is 12.3. The Balaban J connectivity index is 3.29. The summed E-state index contributed by atoms with van der Waals surface area (Å²) < 4.78 is 50.6. The molecule has 1 rings (SSSR count). The number of benzene rings is 1. The number of Topliss-reactive ketones (excluding diaryl/α,β-unsaturated/α-hetero) is 1. The van der Waals surface area contributed by atoms with E-state index in [0.717, 1.165) is 12.1 Å². The predicted octanol–water partition coefficient (Wildman–Crippen LogP) is 3.81. The molecule has 1 aromatic carbocycles. The van der Waals surface area contributed by atoms with Crippen molar-refractivity contribution < 1.29 is 22.4 Å². The van der Waals surface area contributed by atoms with Gasteiger partial charge in [0.2, 0.25) is 0 Å². The molecule has 0 aliphatic rings. The Morgan fingerprint density at radius 3 is 2.44 bits per heavy atom. The van der Waals surface area contributed by atoms with Crippen LogP contribution in [0, 0.1) is 5.82 Å². The Kier molecular flexibility index (Phi) is 4.07. The summed E-state index contributed by atoms with van der Waals surface area (Å²) in [6, 6.07) is 2.76. The molecule has 0 bridgehead atoms. The first-order chi connectivity index (χ1) is 7.38. The average molecular weight is 299 g/mol. The average Bonchev–Trinajstić information content (AvgIpc) is 2.15. The molecular formula is C10H7BrF4O. The van der Waals surface area contributed by atoms with Crippen molar-refractivity contribution in [3.8, 4) is 0 Å². The molecule has 1 aromatic rings. The molecule has 0 fully saturated rings. The predicted molar refractivity (Wildman–Crippen MR) is 54.1 cm³/mol. The second kappa shape index (κ2) is 4.95. The number of carbonyl (C=O) groups is 1. The SMILES string of the molecule is O=C(CCBr)c1cccc(F)c1C(F)(F)F. The molecule has 0 unspecified atom stereocenters. The van der Waals surface area contributed by atoms with Crippen LogP contribution in [0.5, 0.6) is 0 Å². The minimum Gasteiger partial charge on any atom is -0.294 e. The van der Waals surface area contributed by atoms with Crippen molar-refractivity contribution in [2.75, 3.05) is 5.33 Å². The van der Waals surface area contributed by atoms with Gasteiger partial charge in [0.15, 0.2) is 5.78 Å². The summed E-state index contributed by atoms with van der Waals surface area (Å²) in [6.45, 7) is 0. The van der Waals surface area contributed by atoms with Crippen LogP contribution in [0.2, 0.25) is 0 Å². The highest BCUT2D eigenvalue weighted by Crippen LogP contribution is 2.34. The number of alkyl halides is 4. The fraction of sp³-hybridized carbons (Fsp3) is 0.300. The number of rotatable bonds is 3. The van der Waals surface area contributed by atoms with E-state index in [-0.39, 0.29) is 11.8 Å². The van der Waals surface area contributed by atoms with Crippen molar-refractivity contribution in [2.45, 2.75) is 12.6 Å². The maximum Gasteiger partial charge on any atom is 0.419 e. The van der Waals surface area contributed by atoms with E-state index in [1.807, 2.05) is 0 Å². The van der Waals surface area contributed by atoms with Gasteiger partial charge in [-0.15, -0.1) is 0 Å². The summed E-state index contributed by atoms with van der Waals surface area (Å²) in [5.41, 5.74) is -2.10. The lowest BCUT2D eigenvalue weighted by atomic mass is 10.0. The Bertz CT molecular complexity index is 400. The summed E-state index contributed by atoms with van der Waals surface area (Å²) in [7, 11) is 0. The van der Waals surface area contributed by atoms with Crippen molar-refractivity contribution in [1.29, 1.82) is 0 Å². The third-order valence-electron chi connectivity index (χ3n) is 1.92. The summed E-state index contributed by atoms with van der Waals surface area (Å²) in [5.74, 6) is -2.16. The van der Waals surface area contributed by atoms with Gasteiger partial charge >= 0.3 is 6.18 Å². The van der Waals surface area contributed by atoms with Gasteiger partial charge in [0, 0.05) is 17.3 Å². The van der Waals surface area contributed by atoms with Crippen LogP contribution in [0.25, 0.3) is 0 Å². The van der Waals surface area contributed by atoms with Gasteiger partial charge in [-0.05, 0) is 6.07 Å². The lowest BCUT2D eigenvalue weighted by Crippen LogP contribution is -2.15. The van der Waals surface area contributed by atoms with Gasteiger partial charge in [-0.3, -0.25) is 4.79 Å². The molecule has 0 aliphatic carbocycles. The van der Waals surface area contributed by atoms with Crippen molar-refractivity contribution in [1.82, 2.24) is 0 Å². The molecule has 6 heteroatoms. The Labute approximate surface area is 97.6 Å². The van der Waals surface area contributed by atoms with Crippen LogP contribution < -0.4 is 0 Å². The molecule has 1 nitrogen and oxygen atoms in total. The summed E-state index contributed by atoms with van der Waals surface area (Å²) in [6.07, 6.45) is -4.96. The molecule has 0 spiro atoms. The molecule has 0 atom stereocenters. The molecular weight excluding hydrogens is 292 g/mol. The molecule has 0 saturated carbocycles. The number of hydrogen-bond acceptors (Lipinski definition) is 1. The number of ketones is 1. The largest absolute Gasteiger partial charge is 0.419 e. The normalized spacial score (nSPS) is 11.6. The zero-order valence-corrected chi connectivity index (χ0v) is 9.53. The van der Waals surface area contributed by atoms with Crippen LogP contribution in [-0.4, -0.2) is 11.1 Å². The quantitative estimate of drug-likeness (QED) is 0.471. The third kappa shape index (κ3) is 2.81. The molecule has 0 radical (unpaired) electrons. The molecule has 16 heavy (non-hydrogen) atoms. The van der Waals surface area contributed by atoms with Crippen molar-refractivity contribution in [2.24, 2.45) is 0 Å². The highest BCUT2D eigenvalue weighted by Gasteiger charge is 2.38. The van der Waals surface area contributed by atoms with E-state index in [1.165, 1.54) is 0 Å². The fourth-order valence-corrected chi connectivity index (χ4v) is 1.63. The maximum atomic E-state index is 13.1. The Morgan fingerprint density at radius 1 is 1.31 bits per heavy atom. The van der Waals surface area contributed by atoms with Crippen LogP contribution in [0.15, 0.2) is 18.2 Å². The van der Waals surface area contributed by atoms with E-state index < -0.39 is 28.9 Å². The summed E-state index contributed by atoms with van der Waals surface area (Å²) in [5, 5.41) is 0.236. The Hall–Kier alpha value is -0.910. The number of hydrogen-bond donors (Lipinski definition) is 0. The van der Waals surface area contributed by atoms with Crippen LogP contribution >= 0.6 is 15.9 Å². The molecule has 0 aliphatic heterocycles. The van der Waals surface area contributed by atoms with Crippen molar-refractivity contribution >= 4 is 21.7 Å². The highest BCUT2D eigenvalue weighted by atomic mass is 79.9. The van der Waals surface area contributed by atoms with Gasteiger partial charge in [0.1, 0.15) is 11.4 Å². The molecule has 0 N–H and O–H groups in total. The van der Waals surface area contributed by atoms with Crippen LogP contribution in [0.4, 0.5) is 17.6 Å². The van der Waals surface area contributed by atoms with Gasteiger partial charge in [-0.2, -0.15) is 13.2 Å². The maximum absolute atomic E-state index is 13.1. The smallest absolute Gasteiger partial charge is 0.294 e. The first-order valence-corrected chi connectivity index (χ1v) is 5.45. The zero-order valence-electron chi connectivity index (χ0n) is 7.94. The second-order valence-electron chi connectivity index (χ2n) is 3.02. The van der Waals surface area contributed by atoms with Gasteiger partial charge in [-0.25, -0.2) is 4.39 Å². The summed E-state index contributed by atoms with van der Waals surface area (Å²) in [4.78, 5) is 11.4. The van der Waals surface area contributed by atoms with E-state index in [2.05, 4.69) is 15.9 Å². The van der Waals surface area contributed by atoms with E-state index >= 15 is 0 Å². The monoisotopic (exact) mass is 298 g/mol. The standard InChI is InChI=1S/C10H7BrF4O/c11-5-4-8(16)6-2-1-3-7(12)9(6)10(13,14)15/h1-3H,4-5H2. The molecule has 0 heterocycles. The van der Waals surface area contributed by atoms with Crippen molar-refractivity contribution in [3.05, 3.63) is 35.1 Å². The Morgan fingerprint density at radius 2 is 1.94 bits per heavy atom. The van der Waals surface area contributed by atoms with E-state index in [1.54, 1.807) is 0 Å². The molecule has 0 aromatic heterocycles. The highest BCUT2D eigenvalue weighted by molar-refractivity contribution is 9.09. The first kappa shape index (κ1) is 13.2. The second-order valence-corrected chi connectivity index (χ2v) is 3.82. The summed E-state index contributed by atoms with van der Waals surface area (Å²) >= 11 is 2.94. The van der Waals surface area contributed by atoms with Crippen LogP contribution in [0.1, 0.15) is 22.3 Å². The van der Waals surface area contributed by atoms with Gasteiger partial charge < -0.3 is 0 Å². The topological polar surface area (TPSA) is 17.1 Å². The van der Waals surface area contributed by atoms with Gasteiger partial charge in [0.05, 0.1) is 0 Å². The lowest BCUT2D eigenvalue weighted by molar-refractivity contribution is -0.140. The number of carbonyl (C=O) groups excluding carboxylic acids is 1. The fourth-order valence-electron chi connectivity index (χ4n) is 1.27. The van der Waals surface area contributed by atoms with Crippen molar-refractivity contribution in [3.63, 3.8) is 0 Å². The van der Waals surface area contributed by atoms with E-state index in [9.17, 15) is 22.4 Å².